The number of alkyl halides is 3. The third kappa shape index (κ3) is 6.20. The smallest absolute Gasteiger partial charge is 0.385 e. The molecule has 11 heteroatoms. The van der Waals surface area contributed by atoms with Crippen molar-refractivity contribution in [1.29, 1.82) is 0 Å². The molecule has 0 saturated carbocycles. The molecule has 0 heterocycles. The van der Waals surface area contributed by atoms with Crippen LogP contribution < -0.4 is 10.0 Å². The Morgan fingerprint density at radius 1 is 1.00 bits per heavy atom. The number of sulfonamides is 1. The Morgan fingerprint density at radius 2 is 1.64 bits per heavy atom. The fraction of sp³-hybridized carbons (Fsp3) is 0.294. The molecule has 0 fully saturated rings. The molecule has 0 atom stereocenters. The van der Waals surface area contributed by atoms with E-state index in [1.165, 1.54) is 12.1 Å². The largest absolute Gasteiger partial charge is 0.416 e. The van der Waals surface area contributed by atoms with E-state index in [9.17, 15) is 31.7 Å². The van der Waals surface area contributed by atoms with Gasteiger partial charge in [0, 0.05) is 30.9 Å². The van der Waals surface area contributed by atoms with Gasteiger partial charge in [0.25, 0.3) is 5.69 Å². The predicted molar refractivity (Wildman–Crippen MR) is 97.5 cm³/mol. The van der Waals surface area contributed by atoms with Crippen molar-refractivity contribution in [3.8, 4) is 0 Å². The van der Waals surface area contributed by atoms with Gasteiger partial charge in [-0.1, -0.05) is 6.07 Å². The lowest BCUT2D eigenvalue weighted by molar-refractivity contribution is -0.384. The molecule has 0 radical (unpaired) electrons. The van der Waals surface area contributed by atoms with Crippen LogP contribution >= 0.6 is 0 Å². The minimum Gasteiger partial charge on any atom is -0.385 e. The van der Waals surface area contributed by atoms with Gasteiger partial charge in [-0.05, 0) is 43.2 Å². The monoisotopic (exact) mass is 417 g/mol. The van der Waals surface area contributed by atoms with E-state index < -0.39 is 31.6 Å². The van der Waals surface area contributed by atoms with E-state index in [2.05, 4.69) is 10.0 Å². The van der Waals surface area contributed by atoms with Crippen molar-refractivity contribution in [1.82, 2.24) is 4.72 Å². The van der Waals surface area contributed by atoms with E-state index in [1.807, 2.05) is 0 Å². The van der Waals surface area contributed by atoms with Crippen LogP contribution in [0.3, 0.4) is 0 Å². The quantitative estimate of drug-likeness (QED) is 0.367. The van der Waals surface area contributed by atoms with Gasteiger partial charge in [-0.15, -0.1) is 0 Å². The summed E-state index contributed by atoms with van der Waals surface area (Å²) < 4.78 is 64.6. The van der Waals surface area contributed by atoms with Crippen LogP contribution in [-0.2, 0) is 16.2 Å². The van der Waals surface area contributed by atoms with Gasteiger partial charge in [-0.3, -0.25) is 10.1 Å². The van der Waals surface area contributed by atoms with Crippen LogP contribution in [0.4, 0.5) is 24.5 Å². The fourth-order valence-corrected chi connectivity index (χ4v) is 3.43. The van der Waals surface area contributed by atoms with Gasteiger partial charge >= 0.3 is 6.18 Å². The first-order valence-electron chi connectivity index (χ1n) is 8.25. The molecule has 0 aliphatic rings. The van der Waals surface area contributed by atoms with E-state index in [-0.39, 0.29) is 12.2 Å². The van der Waals surface area contributed by atoms with E-state index >= 15 is 0 Å². The fourth-order valence-electron chi connectivity index (χ4n) is 2.31. The number of unbranched alkanes of at least 4 members (excludes halogenated alkanes) is 1. The molecule has 2 aromatic rings. The van der Waals surface area contributed by atoms with Gasteiger partial charge in [0.05, 0.1) is 15.4 Å². The first-order valence-corrected chi connectivity index (χ1v) is 9.73. The normalized spacial score (nSPS) is 12.0. The predicted octanol–water partition coefficient (Wildman–Crippen LogP) is 3.78. The maximum absolute atomic E-state index is 12.7. The standard InChI is InChI=1S/C17H18F3N3O4S/c18-17(19,20)13-4-3-5-16(12-13)28(26,27)22-11-2-1-10-21-14-6-8-15(9-7-14)23(24)25/h3-9,12,21-22H,1-2,10-11H2. The zero-order valence-corrected chi connectivity index (χ0v) is 15.4. The van der Waals surface area contributed by atoms with E-state index in [0.29, 0.717) is 31.1 Å². The lowest BCUT2D eigenvalue weighted by Gasteiger charge is -2.10. The average Bonchev–Trinajstić information content (AvgIpc) is 2.64. The number of benzene rings is 2. The minimum absolute atomic E-state index is 0.0189. The Kier molecular flexibility index (Phi) is 6.97. The third-order valence-electron chi connectivity index (χ3n) is 3.77. The average molecular weight is 417 g/mol. The van der Waals surface area contributed by atoms with Crippen molar-refractivity contribution >= 4 is 21.4 Å². The molecule has 0 amide bonds. The molecule has 152 valence electrons. The van der Waals surface area contributed by atoms with Crippen molar-refractivity contribution in [2.45, 2.75) is 23.9 Å². The van der Waals surface area contributed by atoms with Gasteiger partial charge < -0.3 is 5.32 Å². The van der Waals surface area contributed by atoms with Crippen LogP contribution in [0, 0.1) is 10.1 Å². The summed E-state index contributed by atoms with van der Waals surface area (Å²) in [7, 11) is -4.03. The third-order valence-corrected chi connectivity index (χ3v) is 5.23. The molecular formula is C17H18F3N3O4S. The van der Waals surface area contributed by atoms with E-state index in [4.69, 9.17) is 0 Å². The van der Waals surface area contributed by atoms with Gasteiger partial charge in [-0.25, -0.2) is 13.1 Å². The lowest BCUT2D eigenvalue weighted by Crippen LogP contribution is -2.25. The zero-order valence-electron chi connectivity index (χ0n) is 14.6. The Labute approximate surface area is 159 Å². The number of hydrogen-bond acceptors (Lipinski definition) is 5. The number of nitro groups is 1. The Morgan fingerprint density at radius 3 is 2.25 bits per heavy atom. The van der Waals surface area contributed by atoms with Crippen LogP contribution in [0.25, 0.3) is 0 Å². The van der Waals surface area contributed by atoms with Crippen molar-refractivity contribution in [3.63, 3.8) is 0 Å². The van der Waals surface area contributed by atoms with Gasteiger partial charge in [0.15, 0.2) is 0 Å². The molecule has 2 aromatic carbocycles. The number of non-ortho nitro benzene ring substituents is 1. The summed E-state index contributed by atoms with van der Waals surface area (Å²) in [5.41, 5.74) is -0.354. The second-order valence-electron chi connectivity index (χ2n) is 5.86. The second-order valence-corrected chi connectivity index (χ2v) is 7.63. The molecule has 0 spiro atoms. The van der Waals surface area contributed by atoms with Crippen LogP contribution in [0.1, 0.15) is 18.4 Å². The molecule has 0 aromatic heterocycles. The topological polar surface area (TPSA) is 101 Å². The summed E-state index contributed by atoms with van der Waals surface area (Å²) >= 11 is 0. The maximum atomic E-state index is 12.7. The van der Waals surface area contributed by atoms with Crippen LogP contribution in [0.2, 0.25) is 0 Å². The number of nitrogens with zero attached hydrogens (tertiary/aromatic N) is 1. The van der Waals surface area contributed by atoms with Crippen molar-refractivity contribution in [2.24, 2.45) is 0 Å². The van der Waals surface area contributed by atoms with Crippen LogP contribution in [0.5, 0.6) is 0 Å². The number of anilines is 1. The Bertz CT molecular complexity index is 916. The molecule has 0 bridgehead atoms. The van der Waals surface area contributed by atoms with Crippen LogP contribution in [-0.4, -0.2) is 26.4 Å². The highest BCUT2D eigenvalue weighted by molar-refractivity contribution is 7.89. The number of halogens is 3. The molecule has 0 aliphatic heterocycles. The van der Waals surface area contributed by atoms with Gasteiger partial charge in [0.1, 0.15) is 0 Å². The molecule has 2 N–H and O–H groups in total. The van der Waals surface area contributed by atoms with Gasteiger partial charge in [0.2, 0.25) is 10.0 Å². The van der Waals surface area contributed by atoms with Crippen molar-refractivity contribution in [2.75, 3.05) is 18.4 Å². The summed E-state index contributed by atoms with van der Waals surface area (Å²) in [6.07, 6.45) is -3.57. The summed E-state index contributed by atoms with van der Waals surface area (Å²) in [6, 6.07) is 9.42. The summed E-state index contributed by atoms with van der Waals surface area (Å²) in [5.74, 6) is 0. The second kappa shape index (κ2) is 9.02. The first kappa shape index (κ1) is 21.6. The molecule has 0 aliphatic carbocycles. The molecule has 28 heavy (non-hydrogen) atoms. The summed E-state index contributed by atoms with van der Waals surface area (Å²) in [5, 5.41) is 13.6. The number of nitro benzene ring substituents is 1. The van der Waals surface area contributed by atoms with Crippen molar-refractivity contribution < 1.29 is 26.5 Å². The summed E-state index contributed by atoms with van der Waals surface area (Å²) in [6.45, 7) is 0.573. The number of nitrogens with one attached hydrogen (secondary N) is 2. The molecule has 7 nitrogen and oxygen atoms in total. The lowest BCUT2D eigenvalue weighted by atomic mass is 10.2. The Hall–Kier alpha value is -2.66. The van der Waals surface area contributed by atoms with E-state index in [0.717, 1.165) is 18.2 Å². The zero-order chi connectivity index (χ0) is 20.8. The summed E-state index contributed by atoms with van der Waals surface area (Å²) in [4.78, 5) is 9.63. The molecule has 2 rings (SSSR count). The molecule has 0 unspecified atom stereocenters. The molecular weight excluding hydrogens is 399 g/mol. The highest BCUT2D eigenvalue weighted by Gasteiger charge is 2.31. The number of hydrogen-bond donors (Lipinski definition) is 2. The highest BCUT2D eigenvalue weighted by atomic mass is 32.2. The van der Waals surface area contributed by atoms with Crippen LogP contribution in [0.15, 0.2) is 53.4 Å². The van der Waals surface area contributed by atoms with Gasteiger partial charge in [-0.2, -0.15) is 13.2 Å². The maximum Gasteiger partial charge on any atom is 0.416 e. The number of rotatable bonds is 9. The SMILES string of the molecule is O=[N+]([O-])c1ccc(NCCCCNS(=O)(=O)c2cccc(C(F)(F)F)c2)cc1. The first-order chi connectivity index (χ1) is 13.1. The highest BCUT2D eigenvalue weighted by Crippen LogP contribution is 2.30. The molecule has 0 saturated heterocycles. The Balaban J connectivity index is 1.77. The van der Waals surface area contributed by atoms with E-state index in [1.54, 1.807) is 12.1 Å². The van der Waals surface area contributed by atoms with Crippen molar-refractivity contribution in [3.05, 3.63) is 64.2 Å². The minimum atomic E-state index is -4.62.